The molecule has 1 amide bonds. The van der Waals surface area contributed by atoms with Crippen LogP contribution in [0.3, 0.4) is 0 Å². The number of aliphatic hydroxyl groups excluding tert-OH is 1. The van der Waals surface area contributed by atoms with Gasteiger partial charge in [-0.25, -0.2) is 0 Å². The van der Waals surface area contributed by atoms with E-state index in [-0.39, 0.29) is 18.4 Å². The lowest BCUT2D eigenvalue weighted by molar-refractivity contribution is 0.0264. The van der Waals surface area contributed by atoms with Crippen LogP contribution in [0, 0.1) is 18.8 Å². The van der Waals surface area contributed by atoms with Gasteiger partial charge >= 0.3 is 0 Å². The summed E-state index contributed by atoms with van der Waals surface area (Å²) in [6.07, 6.45) is 2.69. The van der Waals surface area contributed by atoms with Crippen molar-refractivity contribution in [3.05, 3.63) is 17.5 Å². The second-order valence-corrected chi connectivity index (χ2v) is 7.19. The van der Waals surface area contributed by atoms with Crippen LogP contribution in [-0.4, -0.2) is 83.1 Å². The lowest BCUT2D eigenvalue weighted by Gasteiger charge is -2.30. The van der Waals surface area contributed by atoms with E-state index in [1.165, 1.54) is 0 Å². The van der Waals surface area contributed by atoms with Crippen molar-refractivity contribution in [1.29, 1.82) is 0 Å². The number of hydrogen-bond acceptors (Lipinski definition) is 5. The zero-order valence-electron chi connectivity index (χ0n) is 15.4. The molecule has 0 bridgehead atoms. The molecule has 3 heterocycles. The molecule has 1 aromatic rings. The van der Waals surface area contributed by atoms with E-state index in [1.807, 2.05) is 16.5 Å². The lowest BCUT2D eigenvalue weighted by atomic mass is 9.96. The summed E-state index contributed by atoms with van der Waals surface area (Å²) in [6, 6.07) is 0. The van der Waals surface area contributed by atoms with Crippen LogP contribution in [0.25, 0.3) is 0 Å². The molecule has 2 aliphatic heterocycles. The van der Waals surface area contributed by atoms with Crippen LogP contribution in [0.4, 0.5) is 0 Å². The number of aryl methyl sites for hydroxylation is 1. The van der Waals surface area contributed by atoms with Crippen molar-refractivity contribution in [2.45, 2.75) is 26.8 Å². The number of hydrogen-bond donors (Lipinski definition) is 1. The van der Waals surface area contributed by atoms with Gasteiger partial charge in [-0.15, -0.1) is 0 Å². The zero-order valence-corrected chi connectivity index (χ0v) is 15.4. The first-order chi connectivity index (χ1) is 12.1. The molecule has 2 fully saturated rings. The van der Waals surface area contributed by atoms with Crippen LogP contribution in [0.2, 0.25) is 0 Å². The SMILES string of the molecule is CCCn1ncc(C(=O)N2C[C@@H](CN3CCOCC3)[C@@H](CO)C2)c1C. The van der Waals surface area contributed by atoms with Crippen LogP contribution in [0.15, 0.2) is 6.20 Å². The monoisotopic (exact) mass is 350 g/mol. The summed E-state index contributed by atoms with van der Waals surface area (Å²) in [6.45, 7) is 10.7. The Balaban J connectivity index is 1.65. The summed E-state index contributed by atoms with van der Waals surface area (Å²) < 4.78 is 7.31. The summed E-state index contributed by atoms with van der Waals surface area (Å²) in [5.74, 6) is 0.513. The molecule has 1 aromatic heterocycles. The summed E-state index contributed by atoms with van der Waals surface area (Å²) in [7, 11) is 0. The average Bonchev–Trinajstić information content (AvgIpc) is 3.20. The third-order valence-corrected chi connectivity index (χ3v) is 5.46. The molecule has 0 spiro atoms. The van der Waals surface area contributed by atoms with Gasteiger partial charge in [0.1, 0.15) is 0 Å². The van der Waals surface area contributed by atoms with Crippen molar-refractivity contribution < 1.29 is 14.6 Å². The van der Waals surface area contributed by atoms with E-state index in [9.17, 15) is 9.90 Å². The largest absolute Gasteiger partial charge is 0.396 e. The van der Waals surface area contributed by atoms with Gasteiger partial charge in [0.15, 0.2) is 0 Å². The number of likely N-dealkylation sites (tertiary alicyclic amines) is 1. The third kappa shape index (κ3) is 4.04. The van der Waals surface area contributed by atoms with E-state index < -0.39 is 0 Å². The van der Waals surface area contributed by atoms with Gasteiger partial charge in [0.25, 0.3) is 5.91 Å². The molecular formula is C18H30N4O3. The molecule has 0 saturated carbocycles. The second-order valence-electron chi connectivity index (χ2n) is 7.19. The van der Waals surface area contributed by atoms with Crippen LogP contribution < -0.4 is 0 Å². The predicted molar refractivity (Wildman–Crippen MR) is 94.5 cm³/mol. The molecule has 2 aliphatic rings. The summed E-state index contributed by atoms with van der Waals surface area (Å²) in [4.78, 5) is 17.2. The van der Waals surface area contributed by atoms with E-state index in [0.717, 1.165) is 51.5 Å². The van der Waals surface area contributed by atoms with E-state index in [4.69, 9.17) is 4.74 Å². The second kappa shape index (κ2) is 8.29. The number of ether oxygens (including phenoxy) is 1. The highest BCUT2D eigenvalue weighted by Crippen LogP contribution is 2.26. The molecule has 2 atom stereocenters. The number of morpholine rings is 1. The maximum absolute atomic E-state index is 12.9. The average molecular weight is 350 g/mol. The number of nitrogens with zero attached hydrogens (tertiary/aromatic N) is 4. The zero-order chi connectivity index (χ0) is 17.8. The van der Waals surface area contributed by atoms with Crippen molar-refractivity contribution in [1.82, 2.24) is 19.6 Å². The fourth-order valence-corrected chi connectivity index (χ4v) is 3.90. The molecule has 7 nitrogen and oxygen atoms in total. The quantitative estimate of drug-likeness (QED) is 0.814. The highest BCUT2D eigenvalue weighted by atomic mass is 16.5. The van der Waals surface area contributed by atoms with Gasteiger partial charge < -0.3 is 14.7 Å². The molecule has 1 N–H and O–H groups in total. The topological polar surface area (TPSA) is 70.8 Å². The molecule has 7 heteroatoms. The maximum atomic E-state index is 12.9. The molecule has 0 radical (unpaired) electrons. The Hall–Kier alpha value is -1.44. The van der Waals surface area contributed by atoms with E-state index >= 15 is 0 Å². The van der Waals surface area contributed by atoms with E-state index in [2.05, 4.69) is 16.9 Å². The van der Waals surface area contributed by atoms with Crippen molar-refractivity contribution >= 4 is 5.91 Å². The van der Waals surface area contributed by atoms with Gasteiger partial charge in [-0.05, 0) is 19.3 Å². The van der Waals surface area contributed by atoms with Gasteiger partial charge in [-0.3, -0.25) is 14.4 Å². The van der Waals surface area contributed by atoms with Crippen molar-refractivity contribution in [3.8, 4) is 0 Å². The first-order valence-electron chi connectivity index (χ1n) is 9.36. The normalized spacial score (nSPS) is 24.8. The minimum atomic E-state index is 0.0442. The molecule has 140 valence electrons. The first kappa shape index (κ1) is 18.4. The number of amides is 1. The minimum absolute atomic E-state index is 0.0442. The van der Waals surface area contributed by atoms with E-state index in [1.54, 1.807) is 6.20 Å². The summed E-state index contributed by atoms with van der Waals surface area (Å²) >= 11 is 0. The van der Waals surface area contributed by atoms with Crippen LogP contribution in [0.5, 0.6) is 0 Å². The van der Waals surface area contributed by atoms with Crippen LogP contribution in [-0.2, 0) is 11.3 Å². The molecule has 3 rings (SSSR count). The lowest BCUT2D eigenvalue weighted by Crippen LogP contribution is -2.41. The molecule has 0 aliphatic carbocycles. The number of rotatable bonds is 6. The number of aromatic nitrogens is 2. The van der Waals surface area contributed by atoms with Crippen molar-refractivity contribution in [2.24, 2.45) is 11.8 Å². The highest BCUT2D eigenvalue weighted by Gasteiger charge is 2.37. The maximum Gasteiger partial charge on any atom is 0.257 e. The highest BCUT2D eigenvalue weighted by molar-refractivity contribution is 5.95. The standard InChI is InChI=1S/C18H30N4O3/c1-3-4-22-14(2)17(9-19-22)18(24)21-11-15(16(12-21)13-23)10-20-5-7-25-8-6-20/h9,15-16,23H,3-8,10-13H2,1-2H3/t15-,16-/m1/s1. The first-order valence-corrected chi connectivity index (χ1v) is 9.36. The Bertz CT molecular complexity index is 583. The minimum Gasteiger partial charge on any atom is -0.396 e. The smallest absolute Gasteiger partial charge is 0.257 e. The third-order valence-electron chi connectivity index (χ3n) is 5.46. The molecule has 2 saturated heterocycles. The van der Waals surface area contributed by atoms with Gasteiger partial charge in [-0.1, -0.05) is 6.92 Å². The Morgan fingerprint density at radius 1 is 1.32 bits per heavy atom. The van der Waals surface area contributed by atoms with Gasteiger partial charge in [0.2, 0.25) is 0 Å². The Kier molecular flexibility index (Phi) is 6.09. The molecule has 0 aromatic carbocycles. The summed E-state index contributed by atoms with van der Waals surface area (Å²) in [5.41, 5.74) is 1.63. The Morgan fingerprint density at radius 2 is 2.04 bits per heavy atom. The molecule has 25 heavy (non-hydrogen) atoms. The van der Waals surface area contributed by atoms with Gasteiger partial charge in [0.05, 0.1) is 25.0 Å². The van der Waals surface area contributed by atoms with Crippen LogP contribution in [0.1, 0.15) is 29.4 Å². The van der Waals surface area contributed by atoms with Crippen LogP contribution >= 0.6 is 0 Å². The van der Waals surface area contributed by atoms with Gasteiger partial charge in [0, 0.05) is 57.5 Å². The number of carbonyl (C=O) groups is 1. The fourth-order valence-electron chi connectivity index (χ4n) is 3.90. The molecule has 0 unspecified atom stereocenters. The molecular weight excluding hydrogens is 320 g/mol. The predicted octanol–water partition coefficient (Wildman–Crippen LogP) is 0.614. The number of aliphatic hydroxyl groups is 1. The summed E-state index contributed by atoms with van der Waals surface area (Å²) in [5, 5.41) is 14.1. The van der Waals surface area contributed by atoms with E-state index in [0.29, 0.717) is 24.6 Å². The van der Waals surface area contributed by atoms with Crippen molar-refractivity contribution in [3.63, 3.8) is 0 Å². The van der Waals surface area contributed by atoms with Crippen molar-refractivity contribution in [2.75, 3.05) is 52.5 Å². The van der Waals surface area contributed by atoms with Gasteiger partial charge in [-0.2, -0.15) is 5.10 Å². The Morgan fingerprint density at radius 3 is 2.72 bits per heavy atom. The number of carbonyl (C=O) groups excluding carboxylic acids is 1. The fraction of sp³-hybridized carbons (Fsp3) is 0.778. The Labute approximate surface area is 149 Å².